The van der Waals surface area contributed by atoms with Gasteiger partial charge in [-0.15, -0.1) is 0 Å². The van der Waals surface area contributed by atoms with Gasteiger partial charge in [-0.1, -0.05) is 18.2 Å². The second kappa shape index (κ2) is 7.35. The van der Waals surface area contributed by atoms with E-state index in [9.17, 15) is 15.8 Å². The van der Waals surface area contributed by atoms with E-state index in [1.54, 1.807) is 12.1 Å². The number of benzene rings is 1. The molecule has 0 saturated heterocycles. The third-order valence-electron chi connectivity index (χ3n) is 5.74. The molecule has 1 N–H and O–H groups in total. The lowest BCUT2D eigenvalue weighted by atomic mass is 9.54. The fourth-order valence-corrected chi connectivity index (χ4v) is 4.45. The number of hydrogen-bond acceptors (Lipinski definition) is 7. The van der Waals surface area contributed by atoms with Crippen LogP contribution < -0.4 is 9.47 Å². The van der Waals surface area contributed by atoms with Gasteiger partial charge in [-0.3, -0.25) is 0 Å². The van der Waals surface area contributed by atoms with Crippen LogP contribution in [0.15, 0.2) is 29.8 Å². The molecule has 1 aliphatic heterocycles. The van der Waals surface area contributed by atoms with Crippen molar-refractivity contribution in [1.82, 2.24) is 4.90 Å². The van der Waals surface area contributed by atoms with Gasteiger partial charge in [0.25, 0.3) is 0 Å². The predicted octanol–water partition coefficient (Wildman–Crippen LogP) is 2.48. The highest BCUT2D eigenvalue weighted by Gasteiger charge is 2.58. The Labute approximate surface area is 164 Å². The molecule has 7 heteroatoms. The highest BCUT2D eigenvalue weighted by atomic mass is 16.5. The van der Waals surface area contributed by atoms with Crippen molar-refractivity contribution in [2.24, 2.45) is 17.3 Å². The first kappa shape index (κ1) is 19.4. The highest BCUT2D eigenvalue weighted by Crippen LogP contribution is 2.55. The molecule has 142 valence electrons. The lowest BCUT2D eigenvalue weighted by molar-refractivity contribution is 0.231. The van der Waals surface area contributed by atoms with Crippen molar-refractivity contribution in [3.05, 3.63) is 35.4 Å². The fourth-order valence-electron chi connectivity index (χ4n) is 4.45. The van der Waals surface area contributed by atoms with Gasteiger partial charge in [0, 0.05) is 30.5 Å². The van der Waals surface area contributed by atoms with E-state index in [0.29, 0.717) is 30.2 Å². The molecule has 0 radical (unpaired) electrons. The van der Waals surface area contributed by atoms with Crippen LogP contribution in [0.4, 0.5) is 0 Å². The summed E-state index contributed by atoms with van der Waals surface area (Å²) in [5.74, 6) is -0.851. The van der Waals surface area contributed by atoms with Crippen LogP contribution in [0, 0.1) is 56.7 Å². The minimum Gasteiger partial charge on any atom is -0.493 e. The van der Waals surface area contributed by atoms with E-state index < -0.39 is 17.3 Å². The molecule has 3 atom stereocenters. The largest absolute Gasteiger partial charge is 0.493 e. The topological polar surface area (TPSA) is 117 Å². The SMILES string of the molecule is COc1cccc([C@H]2[C@@H]3CN(C)CC=C3C(C#N)C(=N)C2(C#N)C#N)c1OC. The van der Waals surface area contributed by atoms with Gasteiger partial charge in [0.1, 0.15) is 5.92 Å². The molecule has 1 aliphatic carbocycles. The lowest BCUT2D eigenvalue weighted by Crippen LogP contribution is -2.52. The Balaban J connectivity index is 2.34. The summed E-state index contributed by atoms with van der Waals surface area (Å²) in [6.45, 7) is 1.23. The van der Waals surface area contributed by atoms with Gasteiger partial charge >= 0.3 is 0 Å². The van der Waals surface area contributed by atoms with E-state index in [2.05, 4.69) is 23.1 Å². The smallest absolute Gasteiger partial charge is 0.189 e. The summed E-state index contributed by atoms with van der Waals surface area (Å²) in [6.07, 6.45) is 1.95. The number of fused-ring (bicyclic) bond motifs is 1. The molecule has 28 heavy (non-hydrogen) atoms. The Morgan fingerprint density at radius 1 is 1.18 bits per heavy atom. The molecule has 1 aromatic rings. The summed E-state index contributed by atoms with van der Waals surface area (Å²) in [6, 6.07) is 11.7. The number of nitrogens with zero attached hydrogens (tertiary/aromatic N) is 4. The molecule has 3 rings (SSSR count). The molecule has 0 aromatic heterocycles. The second-order valence-corrected chi connectivity index (χ2v) is 7.10. The number of nitrogens with one attached hydrogen (secondary N) is 1. The van der Waals surface area contributed by atoms with Crippen molar-refractivity contribution in [2.75, 3.05) is 34.4 Å². The maximum atomic E-state index is 10.1. The van der Waals surface area contributed by atoms with Crippen LogP contribution in [0.2, 0.25) is 0 Å². The summed E-state index contributed by atoms with van der Waals surface area (Å²) < 4.78 is 11.0. The summed E-state index contributed by atoms with van der Waals surface area (Å²) in [4.78, 5) is 2.08. The Morgan fingerprint density at radius 2 is 1.89 bits per heavy atom. The third kappa shape index (κ3) is 2.62. The van der Waals surface area contributed by atoms with E-state index in [1.165, 1.54) is 14.2 Å². The third-order valence-corrected chi connectivity index (χ3v) is 5.74. The summed E-state index contributed by atoms with van der Waals surface area (Å²) in [7, 11) is 4.99. The molecular weight excluding hydrogens is 354 g/mol. The second-order valence-electron chi connectivity index (χ2n) is 7.10. The average molecular weight is 375 g/mol. The van der Waals surface area contributed by atoms with Gasteiger partial charge in [0.2, 0.25) is 0 Å². The van der Waals surface area contributed by atoms with E-state index in [-0.39, 0.29) is 11.6 Å². The Bertz CT molecular complexity index is 948. The summed E-state index contributed by atoms with van der Waals surface area (Å²) in [5.41, 5.74) is -0.485. The van der Waals surface area contributed by atoms with E-state index in [4.69, 9.17) is 14.9 Å². The monoisotopic (exact) mass is 375 g/mol. The quantitative estimate of drug-likeness (QED) is 0.811. The molecular formula is C21H21N5O2. The molecule has 0 amide bonds. The minimum absolute atomic E-state index is 0.165. The van der Waals surface area contributed by atoms with E-state index in [1.807, 2.05) is 19.2 Å². The molecule has 1 fully saturated rings. The highest BCUT2D eigenvalue weighted by molar-refractivity contribution is 6.01. The first-order valence-corrected chi connectivity index (χ1v) is 8.89. The molecule has 1 heterocycles. The zero-order valence-electron chi connectivity index (χ0n) is 16.1. The molecule has 0 spiro atoms. The molecule has 7 nitrogen and oxygen atoms in total. The van der Waals surface area contributed by atoms with Crippen molar-refractivity contribution in [1.29, 1.82) is 21.2 Å². The van der Waals surface area contributed by atoms with Crippen molar-refractivity contribution >= 4 is 5.71 Å². The number of ether oxygens (including phenoxy) is 2. The van der Waals surface area contributed by atoms with Gasteiger partial charge in [-0.2, -0.15) is 15.8 Å². The van der Waals surface area contributed by atoms with Crippen molar-refractivity contribution < 1.29 is 9.47 Å². The predicted molar refractivity (Wildman–Crippen MR) is 102 cm³/mol. The van der Waals surface area contributed by atoms with Crippen LogP contribution in [0.5, 0.6) is 11.5 Å². The maximum Gasteiger partial charge on any atom is 0.189 e. The van der Waals surface area contributed by atoms with Crippen LogP contribution in [-0.2, 0) is 0 Å². The lowest BCUT2D eigenvalue weighted by Gasteiger charge is -2.47. The number of nitriles is 3. The maximum absolute atomic E-state index is 10.1. The first-order chi connectivity index (χ1) is 13.5. The molecule has 1 saturated carbocycles. The molecule has 2 aliphatic rings. The van der Waals surface area contributed by atoms with Crippen molar-refractivity contribution in [3.63, 3.8) is 0 Å². The Morgan fingerprint density at radius 3 is 2.46 bits per heavy atom. The number of para-hydroxylation sites is 1. The van der Waals surface area contributed by atoms with E-state index in [0.717, 1.165) is 5.57 Å². The Hall–Kier alpha value is -3.34. The summed E-state index contributed by atoms with van der Waals surface area (Å²) in [5, 5.41) is 38.5. The zero-order valence-corrected chi connectivity index (χ0v) is 16.1. The normalized spacial score (nSPS) is 26.1. The first-order valence-electron chi connectivity index (χ1n) is 8.89. The van der Waals surface area contributed by atoms with Gasteiger partial charge < -0.3 is 19.8 Å². The number of hydrogen-bond donors (Lipinski definition) is 1. The van der Waals surface area contributed by atoms with Crippen LogP contribution in [-0.4, -0.2) is 45.0 Å². The van der Waals surface area contributed by atoms with Crippen LogP contribution in [0.3, 0.4) is 0 Å². The number of likely N-dealkylation sites (N-methyl/N-ethyl adjacent to an activating group) is 1. The fraction of sp³-hybridized carbons (Fsp3) is 0.429. The van der Waals surface area contributed by atoms with Gasteiger partial charge in [0.15, 0.2) is 16.9 Å². The van der Waals surface area contributed by atoms with Crippen LogP contribution >= 0.6 is 0 Å². The summed E-state index contributed by atoms with van der Waals surface area (Å²) >= 11 is 0. The van der Waals surface area contributed by atoms with Gasteiger partial charge in [-0.05, 0) is 18.7 Å². The average Bonchev–Trinajstić information content (AvgIpc) is 2.72. The number of methoxy groups -OCH3 is 2. The van der Waals surface area contributed by atoms with Crippen LogP contribution in [0.1, 0.15) is 11.5 Å². The zero-order chi connectivity index (χ0) is 20.5. The minimum atomic E-state index is -1.76. The van der Waals surface area contributed by atoms with E-state index >= 15 is 0 Å². The van der Waals surface area contributed by atoms with Gasteiger partial charge in [0.05, 0.1) is 38.1 Å². The molecule has 1 aromatic carbocycles. The standard InChI is InChI=1S/C21H21N5O2/c1-26-8-7-13-15(9-22)20(25)21(11-23,12-24)18(16(13)10-26)14-5-4-6-17(27-2)19(14)28-3/h4-7,15-16,18,25H,8,10H2,1-3H3/t15?,16-,18+/m1/s1. The van der Waals surface area contributed by atoms with Gasteiger partial charge in [-0.25, -0.2) is 0 Å². The Kier molecular flexibility index (Phi) is 5.10. The van der Waals surface area contributed by atoms with Crippen LogP contribution in [0.25, 0.3) is 0 Å². The van der Waals surface area contributed by atoms with Crippen molar-refractivity contribution in [2.45, 2.75) is 5.92 Å². The molecule has 0 bridgehead atoms. The molecule has 1 unspecified atom stereocenters. The van der Waals surface area contributed by atoms with Crippen molar-refractivity contribution in [3.8, 4) is 29.7 Å². The number of rotatable bonds is 3.